The first-order valence-electron chi connectivity index (χ1n) is 11.6. The summed E-state index contributed by atoms with van der Waals surface area (Å²) in [7, 11) is 0. The van der Waals surface area contributed by atoms with E-state index in [0.29, 0.717) is 0 Å². The summed E-state index contributed by atoms with van der Waals surface area (Å²) in [4.78, 5) is 2.44. The van der Waals surface area contributed by atoms with Gasteiger partial charge in [-0.05, 0) is 66.8 Å². The van der Waals surface area contributed by atoms with Crippen LogP contribution in [0.4, 0.5) is 11.4 Å². The molecule has 0 aromatic heterocycles. The summed E-state index contributed by atoms with van der Waals surface area (Å²) in [6.07, 6.45) is 7.95. The molecule has 0 amide bonds. The molecule has 0 N–H and O–H groups in total. The molecule has 1 aliphatic rings. The molecule has 0 saturated carbocycles. The Hall–Kier alpha value is -3.84. The Balaban J connectivity index is 1.41. The highest BCUT2D eigenvalue weighted by Gasteiger charge is 2.31. The van der Waals surface area contributed by atoms with E-state index < -0.39 is 0 Å². The number of nitrogens with zero attached hydrogens (tertiary/aromatic N) is 1. The Morgan fingerprint density at radius 3 is 1.58 bits per heavy atom. The van der Waals surface area contributed by atoms with Crippen molar-refractivity contribution in [2.24, 2.45) is 0 Å². The third-order valence-electron chi connectivity index (χ3n) is 6.50. The molecule has 0 radical (unpaired) electrons. The predicted molar refractivity (Wildman–Crippen MR) is 142 cm³/mol. The molecule has 1 atom stereocenters. The molecule has 0 spiro atoms. The van der Waals surface area contributed by atoms with Crippen LogP contribution < -0.4 is 4.90 Å². The monoisotopic (exact) mass is 427 g/mol. The minimum Gasteiger partial charge on any atom is -0.332 e. The molecule has 33 heavy (non-hydrogen) atoms. The quantitative estimate of drug-likeness (QED) is 0.308. The summed E-state index contributed by atoms with van der Waals surface area (Å²) in [5.41, 5.74) is 8.60. The second kappa shape index (κ2) is 8.96. The lowest BCUT2D eigenvalue weighted by Crippen LogP contribution is -2.42. The van der Waals surface area contributed by atoms with Gasteiger partial charge in [-0.2, -0.15) is 0 Å². The first-order chi connectivity index (χ1) is 16.1. The van der Waals surface area contributed by atoms with Crippen molar-refractivity contribution in [1.29, 1.82) is 0 Å². The number of benzene rings is 4. The SMILES string of the molecule is Cc1ccc(-c2ccc(C3=CCC(C)(N(c4ccccc4)c4ccccc4)C=C3)cc2)cc1. The fraction of sp³-hybridized carbons (Fsp3) is 0.125. The van der Waals surface area contributed by atoms with Crippen LogP contribution in [0.15, 0.2) is 127 Å². The van der Waals surface area contributed by atoms with Crippen LogP contribution in [-0.4, -0.2) is 5.54 Å². The lowest BCUT2D eigenvalue weighted by atomic mass is 9.85. The van der Waals surface area contributed by atoms with Crippen LogP contribution in [-0.2, 0) is 0 Å². The maximum atomic E-state index is 2.44. The third-order valence-corrected chi connectivity index (χ3v) is 6.50. The molecule has 0 aliphatic heterocycles. The first kappa shape index (κ1) is 21.0. The predicted octanol–water partition coefficient (Wildman–Crippen LogP) is 8.60. The summed E-state index contributed by atoms with van der Waals surface area (Å²) < 4.78 is 0. The van der Waals surface area contributed by atoms with E-state index in [1.54, 1.807) is 0 Å². The molecular weight excluding hydrogens is 398 g/mol. The highest BCUT2D eigenvalue weighted by Crippen LogP contribution is 2.39. The maximum Gasteiger partial charge on any atom is 0.0643 e. The number of allylic oxidation sites excluding steroid dienone is 2. The van der Waals surface area contributed by atoms with Gasteiger partial charge in [-0.1, -0.05) is 109 Å². The molecule has 162 valence electrons. The highest BCUT2D eigenvalue weighted by atomic mass is 15.2. The van der Waals surface area contributed by atoms with Crippen LogP contribution in [0.2, 0.25) is 0 Å². The van der Waals surface area contributed by atoms with Crippen molar-refractivity contribution in [2.75, 3.05) is 4.90 Å². The van der Waals surface area contributed by atoms with Gasteiger partial charge >= 0.3 is 0 Å². The zero-order valence-electron chi connectivity index (χ0n) is 19.3. The van der Waals surface area contributed by atoms with Crippen LogP contribution in [0.25, 0.3) is 16.7 Å². The second-order valence-corrected chi connectivity index (χ2v) is 9.00. The molecule has 1 aliphatic carbocycles. The van der Waals surface area contributed by atoms with E-state index in [9.17, 15) is 0 Å². The fourth-order valence-electron chi connectivity index (χ4n) is 4.60. The normalized spacial score (nSPS) is 17.5. The lowest BCUT2D eigenvalue weighted by Gasteiger charge is -2.42. The molecule has 1 unspecified atom stereocenters. The summed E-state index contributed by atoms with van der Waals surface area (Å²) >= 11 is 0. The molecule has 5 rings (SSSR count). The Labute approximate surface area is 197 Å². The van der Waals surface area contributed by atoms with Gasteiger partial charge < -0.3 is 4.90 Å². The zero-order chi connectivity index (χ0) is 22.7. The minimum absolute atomic E-state index is 0.145. The van der Waals surface area contributed by atoms with Gasteiger partial charge in [-0.25, -0.2) is 0 Å². The Morgan fingerprint density at radius 2 is 1.09 bits per heavy atom. The van der Waals surface area contributed by atoms with Crippen LogP contribution in [0.3, 0.4) is 0 Å². The Kier molecular flexibility index (Phi) is 5.71. The zero-order valence-corrected chi connectivity index (χ0v) is 19.3. The van der Waals surface area contributed by atoms with Gasteiger partial charge in [-0.15, -0.1) is 0 Å². The highest BCUT2D eigenvalue weighted by molar-refractivity contribution is 5.79. The van der Waals surface area contributed by atoms with E-state index in [0.717, 1.165) is 6.42 Å². The van der Waals surface area contributed by atoms with Gasteiger partial charge in [-0.3, -0.25) is 0 Å². The average Bonchev–Trinajstić information content (AvgIpc) is 2.87. The van der Waals surface area contributed by atoms with E-state index in [2.05, 4.69) is 146 Å². The van der Waals surface area contributed by atoms with E-state index >= 15 is 0 Å². The number of aryl methyl sites for hydroxylation is 1. The van der Waals surface area contributed by atoms with E-state index in [-0.39, 0.29) is 5.54 Å². The summed E-state index contributed by atoms with van der Waals surface area (Å²) in [6.45, 7) is 4.44. The number of hydrogen-bond acceptors (Lipinski definition) is 1. The van der Waals surface area contributed by atoms with Crippen LogP contribution in [0, 0.1) is 6.92 Å². The maximum absolute atomic E-state index is 2.44. The van der Waals surface area contributed by atoms with Crippen molar-refractivity contribution in [3.63, 3.8) is 0 Å². The molecule has 0 saturated heterocycles. The number of rotatable bonds is 5. The summed E-state index contributed by atoms with van der Waals surface area (Å²) in [5.74, 6) is 0. The molecule has 0 bridgehead atoms. The molecular formula is C32H29N. The standard InChI is InChI=1S/C32H29N/c1-25-13-15-26(16-14-25)27-17-19-28(20-18-27)29-21-23-32(2,24-22-29)33(30-9-5-3-6-10-30)31-11-7-4-8-12-31/h3-23H,24H2,1-2H3. The van der Waals surface area contributed by atoms with Gasteiger partial charge in [0.2, 0.25) is 0 Å². The average molecular weight is 428 g/mol. The minimum atomic E-state index is -0.145. The largest absolute Gasteiger partial charge is 0.332 e. The fourth-order valence-corrected chi connectivity index (χ4v) is 4.60. The van der Waals surface area contributed by atoms with Crippen LogP contribution >= 0.6 is 0 Å². The van der Waals surface area contributed by atoms with E-state index in [1.165, 1.54) is 39.2 Å². The lowest BCUT2D eigenvalue weighted by molar-refractivity contribution is 0.571. The second-order valence-electron chi connectivity index (χ2n) is 9.00. The van der Waals surface area contributed by atoms with Crippen molar-refractivity contribution in [1.82, 2.24) is 0 Å². The van der Waals surface area contributed by atoms with Crippen LogP contribution in [0.1, 0.15) is 24.5 Å². The van der Waals surface area contributed by atoms with Gasteiger partial charge in [0, 0.05) is 11.4 Å². The van der Waals surface area contributed by atoms with Gasteiger partial charge in [0.1, 0.15) is 0 Å². The van der Waals surface area contributed by atoms with Gasteiger partial charge in [0.05, 0.1) is 5.54 Å². The van der Waals surface area contributed by atoms with Crippen molar-refractivity contribution < 1.29 is 0 Å². The number of para-hydroxylation sites is 2. The van der Waals surface area contributed by atoms with Gasteiger partial charge in [0.25, 0.3) is 0 Å². The Bertz CT molecular complexity index is 1230. The van der Waals surface area contributed by atoms with Gasteiger partial charge in [0.15, 0.2) is 0 Å². The van der Waals surface area contributed by atoms with E-state index in [1.807, 2.05) is 0 Å². The van der Waals surface area contributed by atoms with Crippen molar-refractivity contribution in [3.05, 3.63) is 139 Å². The number of anilines is 2. The molecule has 4 aromatic rings. The van der Waals surface area contributed by atoms with Crippen molar-refractivity contribution in [3.8, 4) is 11.1 Å². The Morgan fingerprint density at radius 1 is 0.606 bits per heavy atom. The summed E-state index contributed by atoms with van der Waals surface area (Å²) in [5, 5.41) is 0. The number of hydrogen-bond donors (Lipinski definition) is 0. The topological polar surface area (TPSA) is 3.24 Å². The third kappa shape index (κ3) is 4.40. The first-order valence-corrected chi connectivity index (χ1v) is 11.6. The van der Waals surface area contributed by atoms with Crippen molar-refractivity contribution in [2.45, 2.75) is 25.8 Å². The molecule has 0 fully saturated rings. The molecule has 1 nitrogen and oxygen atoms in total. The molecule has 0 heterocycles. The van der Waals surface area contributed by atoms with Crippen LogP contribution in [0.5, 0.6) is 0 Å². The molecule has 4 aromatic carbocycles. The smallest absolute Gasteiger partial charge is 0.0643 e. The van der Waals surface area contributed by atoms with E-state index in [4.69, 9.17) is 0 Å². The summed E-state index contributed by atoms with van der Waals surface area (Å²) in [6, 6.07) is 39.0. The molecule has 1 heteroatoms. The van der Waals surface area contributed by atoms with Crippen molar-refractivity contribution >= 4 is 16.9 Å².